The van der Waals surface area contributed by atoms with E-state index < -0.39 is 0 Å². The number of imide groups is 1. The molecule has 1 fully saturated rings. The molecule has 1 aliphatic heterocycles. The number of nitrogens with two attached hydrogens (primary N) is 1. The third-order valence-electron chi connectivity index (χ3n) is 3.75. The van der Waals surface area contributed by atoms with Crippen LogP contribution in [0, 0.1) is 0 Å². The van der Waals surface area contributed by atoms with Crippen LogP contribution in [0.4, 0.5) is 10.5 Å². The van der Waals surface area contributed by atoms with Crippen molar-refractivity contribution in [1.29, 1.82) is 0 Å². The maximum Gasteiger partial charge on any atom is 0.328 e. The molecule has 5 nitrogen and oxygen atoms in total. The molecule has 1 saturated heterocycles. The second kappa shape index (κ2) is 5.99. The number of carbonyl (C=O) groups is 2. The summed E-state index contributed by atoms with van der Waals surface area (Å²) in [5.74, 6) is -0.231. The lowest BCUT2D eigenvalue weighted by Gasteiger charge is -2.28. The second-order valence-corrected chi connectivity index (χ2v) is 5.17. The average Bonchev–Trinajstić information content (AvgIpc) is 2.55. The molecule has 1 heterocycles. The molecule has 0 aromatic heterocycles. The molecule has 0 bridgehead atoms. The van der Waals surface area contributed by atoms with Gasteiger partial charge in [0.05, 0.1) is 5.69 Å². The smallest absolute Gasteiger partial charge is 0.326 e. The monoisotopic (exact) mass is 295 g/mol. The van der Waals surface area contributed by atoms with Crippen LogP contribution in [0.25, 0.3) is 11.1 Å². The van der Waals surface area contributed by atoms with Gasteiger partial charge in [0.1, 0.15) is 0 Å². The summed E-state index contributed by atoms with van der Waals surface area (Å²) in [6, 6.07) is 15.2. The number of para-hydroxylation sites is 1. The highest BCUT2D eigenvalue weighted by Gasteiger charge is 2.25. The highest BCUT2D eigenvalue weighted by Crippen LogP contribution is 2.31. The molecule has 1 aliphatic rings. The predicted octanol–water partition coefficient (Wildman–Crippen LogP) is 2.26. The van der Waals surface area contributed by atoms with E-state index in [4.69, 9.17) is 5.73 Å². The van der Waals surface area contributed by atoms with Crippen LogP contribution < -0.4 is 16.0 Å². The lowest BCUT2D eigenvalue weighted by Crippen LogP contribution is -2.49. The molecule has 3 N–H and O–H groups in total. The van der Waals surface area contributed by atoms with Crippen LogP contribution in [-0.4, -0.2) is 18.5 Å². The van der Waals surface area contributed by atoms with Gasteiger partial charge >= 0.3 is 6.03 Å². The lowest BCUT2D eigenvalue weighted by atomic mass is 10.0. The van der Waals surface area contributed by atoms with Crippen molar-refractivity contribution in [2.75, 3.05) is 11.4 Å². The SMILES string of the molecule is NCc1ccc(-c2ccccc2N2CCC(=O)NC2=O)cc1. The first-order valence-electron chi connectivity index (χ1n) is 7.19. The van der Waals surface area contributed by atoms with E-state index in [1.165, 1.54) is 0 Å². The van der Waals surface area contributed by atoms with Crippen molar-refractivity contribution in [3.8, 4) is 11.1 Å². The molecule has 3 rings (SSSR count). The van der Waals surface area contributed by atoms with E-state index in [-0.39, 0.29) is 11.9 Å². The van der Waals surface area contributed by atoms with E-state index in [2.05, 4.69) is 5.32 Å². The minimum absolute atomic E-state index is 0.231. The zero-order chi connectivity index (χ0) is 15.5. The number of amides is 3. The fourth-order valence-corrected chi connectivity index (χ4v) is 2.57. The fourth-order valence-electron chi connectivity index (χ4n) is 2.57. The summed E-state index contributed by atoms with van der Waals surface area (Å²) in [6.07, 6.45) is 0.312. The Kier molecular flexibility index (Phi) is 3.89. The van der Waals surface area contributed by atoms with Crippen LogP contribution in [0.5, 0.6) is 0 Å². The average molecular weight is 295 g/mol. The van der Waals surface area contributed by atoms with Crippen molar-refractivity contribution in [3.05, 3.63) is 54.1 Å². The van der Waals surface area contributed by atoms with Gasteiger partial charge in [-0.05, 0) is 17.2 Å². The Hall–Kier alpha value is -2.66. The van der Waals surface area contributed by atoms with Crippen LogP contribution in [-0.2, 0) is 11.3 Å². The number of urea groups is 1. The van der Waals surface area contributed by atoms with Gasteiger partial charge in [0.15, 0.2) is 0 Å². The Bertz CT molecular complexity index is 710. The summed E-state index contributed by atoms with van der Waals surface area (Å²) in [5, 5.41) is 2.36. The van der Waals surface area contributed by atoms with Gasteiger partial charge in [0.25, 0.3) is 0 Å². The van der Waals surface area contributed by atoms with Gasteiger partial charge in [-0.15, -0.1) is 0 Å². The van der Waals surface area contributed by atoms with Gasteiger partial charge < -0.3 is 5.73 Å². The fraction of sp³-hybridized carbons (Fsp3) is 0.176. The van der Waals surface area contributed by atoms with Crippen molar-refractivity contribution in [1.82, 2.24) is 5.32 Å². The quantitative estimate of drug-likeness (QED) is 0.912. The molecule has 112 valence electrons. The van der Waals surface area contributed by atoms with E-state index in [9.17, 15) is 9.59 Å². The molecular weight excluding hydrogens is 278 g/mol. The first-order valence-corrected chi connectivity index (χ1v) is 7.19. The number of nitrogens with zero attached hydrogens (tertiary/aromatic N) is 1. The number of hydrogen-bond acceptors (Lipinski definition) is 3. The molecule has 2 aromatic rings. The third-order valence-corrected chi connectivity index (χ3v) is 3.75. The highest BCUT2D eigenvalue weighted by molar-refractivity contribution is 6.07. The van der Waals surface area contributed by atoms with Crippen LogP contribution in [0.2, 0.25) is 0 Å². The molecule has 0 saturated carbocycles. The van der Waals surface area contributed by atoms with Crippen molar-refractivity contribution >= 4 is 17.6 Å². The van der Waals surface area contributed by atoms with Gasteiger partial charge in [-0.2, -0.15) is 0 Å². The molecule has 0 spiro atoms. The number of nitrogens with one attached hydrogen (secondary N) is 1. The number of carbonyl (C=O) groups excluding carboxylic acids is 2. The van der Waals surface area contributed by atoms with Gasteiger partial charge in [0, 0.05) is 25.1 Å². The Morgan fingerprint density at radius 3 is 2.45 bits per heavy atom. The van der Waals surface area contributed by atoms with Gasteiger partial charge in [-0.1, -0.05) is 42.5 Å². The first-order chi connectivity index (χ1) is 10.7. The molecule has 3 amide bonds. The molecule has 0 radical (unpaired) electrons. The van der Waals surface area contributed by atoms with E-state index in [0.717, 1.165) is 22.4 Å². The zero-order valence-electron chi connectivity index (χ0n) is 12.1. The summed E-state index contributed by atoms with van der Waals surface area (Å²) in [5.41, 5.74) is 9.45. The zero-order valence-corrected chi connectivity index (χ0v) is 12.1. The van der Waals surface area contributed by atoms with Crippen molar-refractivity contribution in [2.24, 2.45) is 5.73 Å². The molecule has 0 aliphatic carbocycles. The maximum atomic E-state index is 12.1. The summed E-state index contributed by atoms with van der Waals surface area (Å²) in [4.78, 5) is 25.0. The molecule has 0 atom stereocenters. The molecular formula is C17H17N3O2. The topological polar surface area (TPSA) is 75.4 Å². The molecule has 22 heavy (non-hydrogen) atoms. The minimum Gasteiger partial charge on any atom is -0.326 e. The van der Waals surface area contributed by atoms with Gasteiger partial charge in [-0.25, -0.2) is 4.79 Å². The lowest BCUT2D eigenvalue weighted by molar-refractivity contribution is -0.120. The van der Waals surface area contributed by atoms with E-state index in [1.54, 1.807) is 4.90 Å². The second-order valence-electron chi connectivity index (χ2n) is 5.17. The summed E-state index contributed by atoms with van der Waals surface area (Å²) < 4.78 is 0. The van der Waals surface area contributed by atoms with E-state index in [0.29, 0.717) is 19.5 Å². The van der Waals surface area contributed by atoms with Crippen LogP contribution in [0.15, 0.2) is 48.5 Å². The van der Waals surface area contributed by atoms with Crippen LogP contribution in [0.3, 0.4) is 0 Å². The van der Waals surface area contributed by atoms with E-state index in [1.807, 2.05) is 48.5 Å². The molecule has 0 unspecified atom stereocenters. The van der Waals surface area contributed by atoms with Crippen molar-refractivity contribution in [3.63, 3.8) is 0 Å². The third kappa shape index (κ3) is 2.71. The summed E-state index contributed by atoms with van der Waals surface area (Å²) in [7, 11) is 0. The van der Waals surface area contributed by atoms with Crippen molar-refractivity contribution < 1.29 is 9.59 Å². The van der Waals surface area contributed by atoms with Crippen molar-refractivity contribution in [2.45, 2.75) is 13.0 Å². The number of hydrogen-bond donors (Lipinski definition) is 2. The summed E-state index contributed by atoms with van der Waals surface area (Å²) >= 11 is 0. The van der Waals surface area contributed by atoms with E-state index >= 15 is 0 Å². The van der Waals surface area contributed by atoms with Gasteiger partial charge in [-0.3, -0.25) is 15.0 Å². The van der Waals surface area contributed by atoms with Crippen LogP contribution >= 0.6 is 0 Å². The minimum atomic E-state index is -0.373. The molecule has 5 heteroatoms. The summed E-state index contributed by atoms with van der Waals surface area (Å²) in [6.45, 7) is 0.890. The normalized spacial score (nSPS) is 14.9. The number of rotatable bonds is 3. The largest absolute Gasteiger partial charge is 0.328 e. The Labute approximate surface area is 128 Å². The van der Waals surface area contributed by atoms with Gasteiger partial charge in [0.2, 0.25) is 5.91 Å². The maximum absolute atomic E-state index is 12.1. The highest BCUT2D eigenvalue weighted by atomic mass is 16.2. The number of benzene rings is 2. The number of anilines is 1. The first kappa shape index (κ1) is 14.3. The molecule has 2 aromatic carbocycles. The van der Waals surface area contributed by atoms with Crippen LogP contribution in [0.1, 0.15) is 12.0 Å². The Morgan fingerprint density at radius 2 is 1.77 bits per heavy atom. The Balaban J connectivity index is 1.99. The standard InChI is InChI=1S/C17H17N3O2/c18-11-12-5-7-13(8-6-12)14-3-1-2-4-15(14)20-10-9-16(21)19-17(20)22/h1-8H,9-11,18H2,(H,19,21,22). The Morgan fingerprint density at radius 1 is 1.05 bits per heavy atom. The predicted molar refractivity (Wildman–Crippen MR) is 85.3 cm³/mol.